The molecule has 1 N–H and O–H groups in total. The van der Waals surface area contributed by atoms with Crippen LogP contribution in [0.15, 0.2) is 54.7 Å². The highest BCUT2D eigenvalue weighted by atomic mass is 16.2. The van der Waals surface area contributed by atoms with Crippen molar-refractivity contribution in [1.82, 2.24) is 14.4 Å². The molecule has 1 aromatic heterocycles. The van der Waals surface area contributed by atoms with Crippen molar-refractivity contribution >= 4 is 28.3 Å². The molecule has 2 saturated heterocycles. The Balaban J connectivity index is 1.16. The number of likely N-dealkylation sites (tertiary alicyclic amines) is 1. The number of aryl methyl sites for hydroxylation is 1. The largest absolute Gasteiger partial charge is 0.370 e. The molecule has 0 spiro atoms. The molecule has 174 valence electrons. The SMILES string of the molecule is CN(C)C1CCN(c2ccc(NC(=O)N3CCC(c4cn(C)c5ccccc45)CC3)cc2)C1. The van der Waals surface area contributed by atoms with Gasteiger partial charge in [-0.3, -0.25) is 0 Å². The molecular weight excluding hydrogens is 410 g/mol. The average molecular weight is 446 g/mol. The molecule has 0 bridgehead atoms. The van der Waals surface area contributed by atoms with Crippen LogP contribution in [0, 0.1) is 0 Å². The van der Waals surface area contributed by atoms with Crippen LogP contribution < -0.4 is 10.2 Å². The van der Waals surface area contributed by atoms with Crippen LogP contribution in [0.25, 0.3) is 10.9 Å². The third kappa shape index (κ3) is 4.44. The van der Waals surface area contributed by atoms with Crippen molar-refractivity contribution < 1.29 is 4.79 Å². The third-order valence-electron chi connectivity index (χ3n) is 7.53. The van der Waals surface area contributed by atoms with E-state index in [0.717, 1.165) is 44.7 Å². The van der Waals surface area contributed by atoms with Gasteiger partial charge >= 0.3 is 6.03 Å². The first-order valence-corrected chi connectivity index (χ1v) is 12.1. The van der Waals surface area contributed by atoms with Gasteiger partial charge in [0.05, 0.1) is 0 Å². The van der Waals surface area contributed by atoms with Crippen molar-refractivity contribution in [3.63, 3.8) is 0 Å². The standard InChI is InChI=1S/C27H35N5O/c1-29(2)23-14-17-32(18-23)22-10-8-21(9-11-22)28-27(33)31-15-12-20(13-16-31)25-19-30(3)26-7-5-4-6-24(25)26/h4-11,19-20,23H,12-18H2,1-3H3,(H,28,33). The number of carbonyl (C=O) groups is 1. The summed E-state index contributed by atoms with van der Waals surface area (Å²) < 4.78 is 2.22. The number of hydrogen-bond acceptors (Lipinski definition) is 3. The number of aromatic nitrogens is 1. The van der Waals surface area contributed by atoms with Gasteiger partial charge in [0.1, 0.15) is 0 Å². The average Bonchev–Trinajstić information content (AvgIpc) is 3.46. The van der Waals surface area contributed by atoms with E-state index in [-0.39, 0.29) is 6.03 Å². The van der Waals surface area contributed by atoms with Gasteiger partial charge in [0.15, 0.2) is 0 Å². The van der Waals surface area contributed by atoms with Crippen molar-refractivity contribution in [3.05, 3.63) is 60.3 Å². The molecule has 3 heterocycles. The maximum absolute atomic E-state index is 12.9. The summed E-state index contributed by atoms with van der Waals surface area (Å²) in [5, 5.41) is 4.45. The number of nitrogens with zero attached hydrogens (tertiary/aromatic N) is 4. The van der Waals surface area contributed by atoms with E-state index in [9.17, 15) is 4.79 Å². The van der Waals surface area contributed by atoms with Crippen LogP contribution in [-0.4, -0.2) is 66.7 Å². The lowest BCUT2D eigenvalue weighted by atomic mass is 9.89. The minimum atomic E-state index is 0.00737. The molecule has 2 aliphatic heterocycles. The minimum absolute atomic E-state index is 0.00737. The number of carbonyl (C=O) groups excluding carboxylic acids is 1. The van der Waals surface area contributed by atoms with Crippen LogP contribution >= 0.6 is 0 Å². The molecular formula is C27H35N5O. The summed E-state index contributed by atoms with van der Waals surface area (Å²) in [5.41, 5.74) is 4.79. The Hall–Kier alpha value is -2.99. The zero-order chi connectivity index (χ0) is 22.9. The number of benzene rings is 2. The van der Waals surface area contributed by atoms with Gasteiger partial charge in [-0.2, -0.15) is 0 Å². The second kappa shape index (κ2) is 9.10. The molecule has 5 rings (SSSR count). The van der Waals surface area contributed by atoms with Gasteiger partial charge in [-0.15, -0.1) is 0 Å². The van der Waals surface area contributed by atoms with E-state index in [2.05, 4.69) is 83.4 Å². The van der Waals surface area contributed by atoms with E-state index < -0.39 is 0 Å². The van der Waals surface area contributed by atoms with Crippen molar-refractivity contribution in [3.8, 4) is 0 Å². The molecule has 33 heavy (non-hydrogen) atoms. The second-order valence-electron chi connectivity index (χ2n) is 9.80. The summed E-state index contributed by atoms with van der Waals surface area (Å²) in [6.07, 6.45) is 5.47. The highest BCUT2D eigenvalue weighted by molar-refractivity contribution is 5.89. The van der Waals surface area contributed by atoms with Gasteiger partial charge < -0.3 is 24.6 Å². The van der Waals surface area contributed by atoms with Crippen LogP contribution in [0.3, 0.4) is 0 Å². The Morgan fingerprint density at radius 2 is 1.70 bits per heavy atom. The molecule has 2 fully saturated rings. The van der Waals surface area contributed by atoms with Crippen LogP contribution in [0.2, 0.25) is 0 Å². The van der Waals surface area contributed by atoms with Crippen molar-refractivity contribution in [2.45, 2.75) is 31.2 Å². The summed E-state index contributed by atoms with van der Waals surface area (Å²) in [6.45, 7) is 3.72. The monoisotopic (exact) mass is 445 g/mol. The number of urea groups is 1. The lowest BCUT2D eigenvalue weighted by molar-refractivity contribution is 0.194. The van der Waals surface area contributed by atoms with E-state index in [1.807, 2.05) is 17.0 Å². The van der Waals surface area contributed by atoms with E-state index in [4.69, 9.17) is 0 Å². The lowest BCUT2D eigenvalue weighted by Crippen LogP contribution is -2.40. The third-order valence-corrected chi connectivity index (χ3v) is 7.53. The molecule has 6 heteroatoms. The summed E-state index contributed by atoms with van der Waals surface area (Å²) in [5.74, 6) is 0.505. The predicted molar refractivity (Wildman–Crippen MR) is 136 cm³/mol. The molecule has 2 aliphatic rings. The highest BCUT2D eigenvalue weighted by Crippen LogP contribution is 2.34. The zero-order valence-corrected chi connectivity index (χ0v) is 20.0. The quantitative estimate of drug-likeness (QED) is 0.631. The maximum Gasteiger partial charge on any atom is 0.321 e. The molecule has 2 aromatic carbocycles. The fourth-order valence-electron chi connectivity index (χ4n) is 5.45. The predicted octanol–water partition coefficient (Wildman–Crippen LogP) is 4.73. The molecule has 2 amide bonds. The van der Waals surface area contributed by atoms with Crippen molar-refractivity contribution in [1.29, 1.82) is 0 Å². The first kappa shape index (κ1) is 21.8. The summed E-state index contributed by atoms with van der Waals surface area (Å²) in [6, 6.07) is 17.5. The van der Waals surface area contributed by atoms with Gasteiger partial charge in [0.2, 0.25) is 0 Å². The van der Waals surface area contributed by atoms with E-state index in [1.54, 1.807) is 0 Å². The van der Waals surface area contributed by atoms with E-state index in [1.165, 1.54) is 28.6 Å². The van der Waals surface area contributed by atoms with Crippen LogP contribution in [-0.2, 0) is 7.05 Å². The fraction of sp³-hybridized carbons (Fsp3) is 0.444. The Labute approximate surface area is 196 Å². The fourth-order valence-corrected chi connectivity index (χ4v) is 5.45. The van der Waals surface area contributed by atoms with E-state index >= 15 is 0 Å². The first-order valence-electron chi connectivity index (χ1n) is 12.1. The summed E-state index contributed by atoms with van der Waals surface area (Å²) >= 11 is 0. The van der Waals surface area contributed by atoms with Gasteiger partial charge in [-0.1, -0.05) is 18.2 Å². The number of rotatable bonds is 4. The normalized spacial score (nSPS) is 19.6. The Morgan fingerprint density at radius 1 is 0.970 bits per heavy atom. The lowest BCUT2D eigenvalue weighted by Gasteiger charge is -2.32. The number of likely N-dealkylation sites (N-methyl/N-ethyl adjacent to an activating group) is 1. The molecule has 1 unspecified atom stereocenters. The second-order valence-corrected chi connectivity index (χ2v) is 9.80. The van der Waals surface area contributed by atoms with Gasteiger partial charge in [0, 0.05) is 67.7 Å². The number of anilines is 2. The Bertz CT molecular complexity index is 1110. The molecule has 0 saturated carbocycles. The molecule has 0 aliphatic carbocycles. The summed E-state index contributed by atoms with van der Waals surface area (Å²) in [4.78, 5) is 19.6. The van der Waals surface area contributed by atoms with Crippen molar-refractivity contribution in [2.75, 3.05) is 50.5 Å². The number of hydrogen-bond donors (Lipinski definition) is 1. The molecule has 3 aromatic rings. The zero-order valence-electron chi connectivity index (χ0n) is 20.0. The van der Waals surface area contributed by atoms with Crippen LogP contribution in [0.1, 0.15) is 30.7 Å². The maximum atomic E-state index is 12.9. The summed E-state index contributed by atoms with van der Waals surface area (Å²) in [7, 11) is 6.42. The number of piperidine rings is 1. The number of amides is 2. The Morgan fingerprint density at radius 3 is 2.39 bits per heavy atom. The van der Waals surface area contributed by atoms with E-state index in [0.29, 0.717) is 12.0 Å². The van der Waals surface area contributed by atoms with Crippen LogP contribution in [0.4, 0.5) is 16.2 Å². The first-order chi connectivity index (χ1) is 16.0. The van der Waals surface area contributed by atoms with Gasteiger partial charge in [-0.05, 0) is 75.2 Å². The number of para-hydroxylation sites is 1. The smallest absolute Gasteiger partial charge is 0.321 e. The number of fused-ring (bicyclic) bond motifs is 1. The van der Waals surface area contributed by atoms with Gasteiger partial charge in [0.25, 0.3) is 0 Å². The molecule has 1 atom stereocenters. The number of nitrogens with one attached hydrogen (secondary N) is 1. The highest BCUT2D eigenvalue weighted by Gasteiger charge is 2.26. The van der Waals surface area contributed by atoms with Crippen molar-refractivity contribution in [2.24, 2.45) is 7.05 Å². The Kier molecular flexibility index (Phi) is 6.02. The van der Waals surface area contributed by atoms with Gasteiger partial charge in [-0.25, -0.2) is 4.79 Å². The minimum Gasteiger partial charge on any atom is -0.370 e. The topological polar surface area (TPSA) is 43.8 Å². The van der Waals surface area contributed by atoms with Crippen LogP contribution in [0.5, 0.6) is 0 Å². The molecule has 6 nitrogen and oxygen atoms in total. The molecule has 0 radical (unpaired) electrons.